The Morgan fingerprint density at radius 2 is 2.23 bits per heavy atom. The van der Waals surface area contributed by atoms with E-state index in [1.54, 1.807) is 7.05 Å². The first kappa shape index (κ1) is 10.5. The van der Waals surface area contributed by atoms with Crippen molar-refractivity contribution >= 4 is 5.91 Å². The van der Waals surface area contributed by atoms with E-state index in [0.717, 1.165) is 19.4 Å². The number of hydrogen-bond donors (Lipinski definition) is 0. The van der Waals surface area contributed by atoms with E-state index >= 15 is 0 Å². The van der Waals surface area contributed by atoms with Crippen molar-refractivity contribution < 1.29 is 9.63 Å². The van der Waals surface area contributed by atoms with Gasteiger partial charge in [0.05, 0.1) is 13.2 Å². The molecule has 0 bridgehead atoms. The number of piperidine rings is 1. The Bertz CT molecular complexity index is 184. The van der Waals surface area contributed by atoms with Crippen molar-refractivity contribution in [3.8, 4) is 0 Å². The molecule has 1 aliphatic heterocycles. The predicted molar refractivity (Wildman–Crippen MR) is 50.0 cm³/mol. The Kier molecular flexibility index (Phi) is 3.69. The summed E-state index contributed by atoms with van der Waals surface area (Å²) in [6, 6.07) is 0.0127. The van der Waals surface area contributed by atoms with Gasteiger partial charge < -0.3 is 0 Å². The number of amides is 1. The van der Waals surface area contributed by atoms with Gasteiger partial charge in [-0.1, -0.05) is 6.42 Å². The van der Waals surface area contributed by atoms with Crippen LogP contribution in [0.4, 0.5) is 0 Å². The molecule has 13 heavy (non-hydrogen) atoms. The highest BCUT2D eigenvalue weighted by molar-refractivity contribution is 5.80. The quantitative estimate of drug-likeness (QED) is 0.588. The zero-order chi connectivity index (χ0) is 9.84. The summed E-state index contributed by atoms with van der Waals surface area (Å²) < 4.78 is 0. The molecule has 1 rings (SSSR count). The zero-order valence-electron chi connectivity index (χ0n) is 8.62. The number of rotatable bonds is 2. The minimum atomic E-state index is 0.0127. The Morgan fingerprint density at radius 1 is 1.54 bits per heavy atom. The molecule has 0 aliphatic carbocycles. The van der Waals surface area contributed by atoms with Gasteiger partial charge in [0.15, 0.2) is 0 Å². The molecular formula is C9H18N2O2. The maximum Gasteiger partial charge on any atom is 0.263 e. The summed E-state index contributed by atoms with van der Waals surface area (Å²) >= 11 is 0. The van der Waals surface area contributed by atoms with Crippen molar-refractivity contribution in [3.05, 3.63) is 0 Å². The molecule has 1 heterocycles. The van der Waals surface area contributed by atoms with Crippen molar-refractivity contribution in [1.82, 2.24) is 9.96 Å². The first-order valence-corrected chi connectivity index (χ1v) is 4.68. The molecule has 0 N–H and O–H groups in total. The van der Waals surface area contributed by atoms with Crippen LogP contribution in [0.25, 0.3) is 0 Å². The second-order valence-electron chi connectivity index (χ2n) is 3.51. The van der Waals surface area contributed by atoms with E-state index in [1.165, 1.54) is 18.6 Å². The summed E-state index contributed by atoms with van der Waals surface area (Å²) in [5, 5.41) is 1.31. The van der Waals surface area contributed by atoms with E-state index < -0.39 is 0 Å². The SMILES string of the molecule is CON(C)C(=O)[C@H]1CCCCN1C. The van der Waals surface area contributed by atoms with Crippen molar-refractivity contribution in [2.75, 3.05) is 27.7 Å². The van der Waals surface area contributed by atoms with Gasteiger partial charge in [-0.05, 0) is 26.4 Å². The minimum absolute atomic E-state index is 0.0127. The van der Waals surface area contributed by atoms with E-state index in [9.17, 15) is 4.79 Å². The fourth-order valence-electron chi connectivity index (χ4n) is 1.69. The number of nitrogens with zero attached hydrogens (tertiary/aromatic N) is 2. The average molecular weight is 186 g/mol. The van der Waals surface area contributed by atoms with Crippen LogP contribution < -0.4 is 0 Å². The monoisotopic (exact) mass is 186 g/mol. The molecular weight excluding hydrogens is 168 g/mol. The lowest BCUT2D eigenvalue weighted by Gasteiger charge is -2.33. The molecule has 0 saturated carbocycles. The summed E-state index contributed by atoms with van der Waals surface area (Å²) in [6.07, 6.45) is 3.28. The van der Waals surface area contributed by atoms with E-state index in [1.807, 2.05) is 7.05 Å². The van der Waals surface area contributed by atoms with Crippen molar-refractivity contribution in [2.45, 2.75) is 25.3 Å². The predicted octanol–water partition coefficient (Wildman–Crippen LogP) is 0.490. The lowest BCUT2D eigenvalue weighted by atomic mass is 10.0. The highest BCUT2D eigenvalue weighted by Crippen LogP contribution is 2.16. The van der Waals surface area contributed by atoms with Crippen LogP contribution in [0.3, 0.4) is 0 Å². The van der Waals surface area contributed by atoms with Gasteiger partial charge in [0.25, 0.3) is 5.91 Å². The fourth-order valence-corrected chi connectivity index (χ4v) is 1.69. The number of likely N-dealkylation sites (N-methyl/N-ethyl adjacent to an activating group) is 2. The molecule has 1 amide bonds. The maximum absolute atomic E-state index is 11.7. The third kappa shape index (κ3) is 2.42. The molecule has 0 aromatic heterocycles. The summed E-state index contributed by atoms with van der Waals surface area (Å²) in [7, 11) is 5.16. The van der Waals surface area contributed by atoms with Crippen LogP contribution in [0.1, 0.15) is 19.3 Å². The van der Waals surface area contributed by atoms with Gasteiger partial charge in [-0.3, -0.25) is 14.5 Å². The van der Waals surface area contributed by atoms with Crippen molar-refractivity contribution in [3.63, 3.8) is 0 Å². The van der Waals surface area contributed by atoms with Gasteiger partial charge in [0.1, 0.15) is 0 Å². The van der Waals surface area contributed by atoms with Crippen LogP contribution in [0.2, 0.25) is 0 Å². The molecule has 4 heteroatoms. The third-order valence-electron chi connectivity index (χ3n) is 2.64. The lowest BCUT2D eigenvalue weighted by molar-refractivity contribution is -0.175. The first-order valence-electron chi connectivity index (χ1n) is 4.68. The molecule has 1 saturated heterocycles. The van der Waals surface area contributed by atoms with Crippen LogP contribution in [0.5, 0.6) is 0 Å². The van der Waals surface area contributed by atoms with E-state index in [4.69, 9.17) is 4.84 Å². The van der Waals surface area contributed by atoms with E-state index in [0.29, 0.717) is 0 Å². The van der Waals surface area contributed by atoms with Gasteiger partial charge in [0.2, 0.25) is 0 Å². The fraction of sp³-hybridized carbons (Fsp3) is 0.889. The molecule has 0 spiro atoms. The number of hydroxylamine groups is 2. The lowest BCUT2D eigenvalue weighted by Crippen LogP contribution is -2.47. The number of hydrogen-bond acceptors (Lipinski definition) is 3. The summed E-state index contributed by atoms with van der Waals surface area (Å²) in [6.45, 7) is 1.01. The second-order valence-corrected chi connectivity index (χ2v) is 3.51. The highest BCUT2D eigenvalue weighted by Gasteiger charge is 2.28. The summed E-state index contributed by atoms with van der Waals surface area (Å²) in [5.74, 6) is 0.0599. The molecule has 0 aromatic rings. The number of carbonyl (C=O) groups excluding carboxylic acids is 1. The Balaban J connectivity index is 2.53. The topological polar surface area (TPSA) is 32.8 Å². The van der Waals surface area contributed by atoms with E-state index in [-0.39, 0.29) is 11.9 Å². The van der Waals surface area contributed by atoms with Crippen LogP contribution in [0.15, 0.2) is 0 Å². The minimum Gasteiger partial charge on any atom is -0.295 e. The average Bonchev–Trinajstić information content (AvgIpc) is 2.16. The Hall–Kier alpha value is -0.610. The Labute approximate surface area is 79.4 Å². The molecule has 0 unspecified atom stereocenters. The molecule has 1 atom stereocenters. The van der Waals surface area contributed by atoms with E-state index in [2.05, 4.69) is 4.90 Å². The normalized spacial score (nSPS) is 24.4. The maximum atomic E-state index is 11.7. The van der Waals surface area contributed by atoms with Gasteiger partial charge in [0, 0.05) is 7.05 Å². The van der Waals surface area contributed by atoms with Crippen LogP contribution >= 0.6 is 0 Å². The van der Waals surface area contributed by atoms with Crippen molar-refractivity contribution in [1.29, 1.82) is 0 Å². The smallest absolute Gasteiger partial charge is 0.263 e. The summed E-state index contributed by atoms with van der Waals surface area (Å²) in [5.41, 5.74) is 0. The molecule has 4 nitrogen and oxygen atoms in total. The zero-order valence-corrected chi connectivity index (χ0v) is 8.62. The first-order chi connectivity index (χ1) is 6.16. The molecule has 0 radical (unpaired) electrons. The highest BCUT2D eigenvalue weighted by atomic mass is 16.7. The molecule has 0 aromatic carbocycles. The standard InChI is InChI=1S/C9H18N2O2/c1-10-7-5-4-6-8(10)9(12)11(2)13-3/h8H,4-7H2,1-3H3/t8-/m1/s1. The number of likely N-dealkylation sites (tertiary alicyclic amines) is 1. The van der Waals surface area contributed by atoms with Gasteiger partial charge in [-0.15, -0.1) is 0 Å². The van der Waals surface area contributed by atoms with Crippen LogP contribution in [0, 0.1) is 0 Å². The van der Waals surface area contributed by atoms with Crippen molar-refractivity contribution in [2.24, 2.45) is 0 Å². The van der Waals surface area contributed by atoms with Crippen LogP contribution in [-0.2, 0) is 9.63 Å². The second kappa shape index (κ2) is 4.58. The van der Waals surface area contributed by atoms with Gasteiger partial charge in [-0.2, -0.15) is 0 Å². The third-order valence-corrected chi connectivity index (χ3v) is 2.64. The van der Waals surface area contributed by atoms with Gasteiger partial charge >= 0.3 is 0 Å². The molecule has 76 valence electrons. The molecule has 1 fully saturated rings. The molecule has 1 aliphatic rings. The van der Waals surface area contributed by atoms with Crippen LogP contribution in [-0.4, -0.2) is 49.7 Å². The summed E-state index contributed by atoms with van der Waals surface area (Å²) in [4.78, 5) is 18.7. The van der Waals surface area contributed by atoms with Gasteiger partial charge in [-0.25, -0.2) is 5.06 Å². The Morgan fingerprint density at radius 3 is 2.77 bits per heavy atom. The largest absolute Gasteiger partial charge is 0.295 e. The number of carbonyl (C=O) groups is 1.